The highest BCUT2D eigenvalue weighted by Crippen LogP contribution is 2.44. The standard InChI is InChI=1S/C27H31N3S/c1-17-8-7-9-22(12-17)30-18(2)13-20(19(30)3)16-29-26-24(15-28)23-11-10-21(27(4,5)6)14-25(23)31-26/h7-9,12-13,16,21H,10-11,14H2,1-6H3/t21-/m1/s1. The summed E-state index contributed by atoms with van der Waals surface area (Å²) >= 11 is 1.71. The van der Waals surface area contributed by atoms with Gasteiger partial charge in [-0.1, -0.05) is 32.9 Å². The Labute approximate surface area is 190 Å². The molecule has 0 amide bonds. The van der Waals surface area contributed by atoms with Gasteiger partial charge in [-0.05, 0) is 80.7 Å². The molecule has 0 saturated carbocycles. The molecule has 1 atom stereocenters. The fraction of sp³-hybridized carbons (Fsp3) is 0.407. The number of fused-ring (bicyclic) bond motifs is 1. The van der Waals surface area contributed by atoms with E-state index < -0.39 is 0 Å². The molecule has 0 unspecified atom stereocenters. The smallest absolute Gasteiger partial charge is 0.134 e. The normalized spacial score (nSPS) is 16.5. The first-order valence-corrected chi connectivity index (χ1v) is 11.9. The molecule has 1 aliphatic carbocycles. The van der Waals surface area contributed by atoms with E-state index in [1.54, 1.807) is 11.3 Å². The van der Waals surface area contributed by atoms with Crippen LogP contribution in [0.25, 0.3) is 5.69 Å². The number of hydrogen-bond acceptors (Lipinski definition) is 3. The molecule has 0 bridgehead atoms. The van der Waals surface area contributed by atoms with Crippen LogP contribution < -0.4 is 0 Å². The van der Waals surface area contributed by atoms with Crippen molar-refractivity contribution in [3.8, 4) is 11.8 Å². The van der Waals surface area contributed by atoms with Gasteiger partial charge < -0.3 is 4.57 Å². The minimum atomic E-state index is 0.297. The van der Waals surface area contributed by atoms with Gasteiger partial charge in [0.2, 0.25) is 0 Å². The molecule has 160 valence electrons. The molecule has 0 fully saturated rings. The van der Waals surface area contributed by atoms with Crippen LogP contribution in [0.2, 0.25) is 0 Å². The summed E-state index contributed by atoms with van der Waals surface area (Å²) in [5, 5.41) is 10.7. The fourth-order valence-electron chi connectivity index (χ4n) is 4.73. The summed E-state index contributed by atoms with van der Waals surface area (Å²) in [4.78, 5) is 6.18. The van der Waals surface area contributed by atoms with E-state index in [0.29, 0.717) is 11.3 Å². The average molecular weight is 430 g/mol. The molecular weight excluding hydrogens is 398 g/mol. The third-order valence-corrected chi connectivity index (χ3v) is 7.80. The molecule has 2 aromatic heterocycles. The number of benzene rings is 1. The molecule has 4 heteroatoms. The lowest BCUT2D eigenvalue weighted by atomic mass is 9.72. The van der Waals surface area contributed by atoms with Crippen LogP contribution in [0, 0.1) is 43.4 Å². The summed E-state index contributed by atoms with van der Waals surface area (Å²) in [6.07, 6.45) is 5.15. The first-order valence-electron chi connectivity index (χ1n) is 11.0. The zero-order valence-electron chi connectivity index (χ0n) is 19.4. The SMILES string of the molecule is Cc1cccc(-n2c(C)cc(C=Nc3sc4c(c3C#N)CC[C@@H](C(C)(C)C)C4)c2C)c1. The Balaban J connectivity index is 1.67. The van der Waals surface area contributed by atoms with E-state index in [9.17, 15) is 5.26 Å². The molecule has 2 heterocycles. The maximum absolute atomic E-state index is 9.84. The maximum atomic E-state index is 9.84. The number of nitrogens with zero attached hydrogens (tertiary/aromatic N) is 3. The lowest BCUT2D eigenvalue weighted by molar-refractivity contribution is 0.218. The molecular formula is C27H31N3S. The quantitative estimate of drug-likeness (QED) is 0.405. The number of nitriles is 1. The summed E-state index contributed by atoms with van der Waals surface area (Å²) in [5.41, 5.74) is 8.20. The summed E-state index contributed by atoms with van der Waals surface area (Å²) in [5.74, 6) is 0.662. The number of aliphatic imine (C=N–C) groups is 1. The summed E-state index contributed by atoms with van der Waals surface area (Å²) in [6.45, 7) is 13.4. The highest BCUT2D eigenvalue weighted by atomic mass is 32.1. The van der Waals surface area contributed by atoms with E-state index in [0.717, 1.165) is 35.4 Å². The van der Waals surface area contributed by atoms with Gasteiger partial charge in [0.25, 0.3) is 0 Å². The van der Waals surface area contributed by atoms with Crippen LogP contribution in [0.4, 0.5) is 5.00 Å². The maximum Gasteiger partial charge on any atom is 0.134 e. The Morgan fingerprint density at radius 2 is 1.97 bits per heavy atom. The highest BCUT2D eigenvalue weighted by molar-refractivity contribution is 7.16. The molecule has 0 aliphatic heterocycles. The van der Waals surface area contributed by atoms with Crippen LogP contribution in [-0.2, 0) is 12.8 Å². The number of hydrogen-bond donors (Lipinski definition) is 0. The van der Waals surface area contributed by atoms with E-state index in [-0.39, 0.29) is 0 Å². The van der Waals surface area contributed by atoms with Crippen LogP contribution in [-0.4, -0.2) is 10.8 Å². The van der Waals surface area contributed by atoms with Crippen molar-refractivity contribution in [3.05, 3.63) is 68.9 Å². The van der Waals surface area contributed by atoms with Gasteiger partial charge in [-0.25, -0.2) is 4.99 Å². The Bertz CT molecular complexity index is 1190. The second kappa shape index (κ2) is 8.13. The Kier molecular flexibility index (Phi) is 5.66. The van der Waals surface area contributed by atoms with Crippen LogP contribution in [0.3, 0.4) is 0 Å². The van der Waals surface area contributed by atoms with Gasteiger partial charge in [0.1, 0.15) is 11.1 Å². The van der Waals surface area contributed by atoms with Crippen LogP contribution in [0.15, 0.2) is 35.3 Å². The molecule has 0 spiro atoms. The molecule has 0 saturated heterocycles. The van der Waals surface area contributed by atoms with Gasteiger partial charge >= 0.3 is 0 Å². The predicted molar refractivity (Wildman–Crippen MR) is 131 cm³/mol. The predicted octanol–water partition coefficient (Wildman–Crippen LogP) is 7.24. The minimum absolute atomic E-state index is 0.297. The minimum Gasteiger partial charge on any atom is -0.318 e. The van der Waals surface area contributed by atoms with Crippen molar-refractivity contribution in [1.29, 1.82) is 5.26 Å². The number of thiophene rings is 1. The van der Waals surface area contributed by atoms with Crippen LogP contribution >= 0.6 is 11.3 Å². The second-order valence-electron chi connectivity index (χ2n) is 9.86. The summed E-state index contributed by atoms with van der Waals surface area (Å²) < 4.78 is 2.27. The zero-order chi connectivity index (χ0) is 22.3. The van der Waals surface area contributed by atoms with Crippen molar-refractivity contribution >= 4 is 22.6 Å². The largest absolute Gasteiger partial charge is 0.318 e. The van der Waals surface area contributed by atoms with E-state index in [4.69, 9.17) is 4.99 Å². The third kappa shape index (κ3) is 4.12. The lowest BCUT2D eigenvalue weighted by Crippen LogP contribution is -2.26. The van der Waals surface area contributed by atoms with E-state index in [1.807, 2.05) is 6.21 Å². The molecule has 1 aliphatic rings. The van der Waals surface area contributed by atoms with Crippen molar-refractivity contribution < 1.29 is 0 Å². The molecule has 31 heavy (non-hydrogen) atoms. The first-order chi connectivity index (χ1) is 14.7. The molecule has 3 nitrogen and oxygen atoms in total. The number of aromatic nitrogens is 1. The Morgan fingerprint density at radius 1 is 1.19 bits per heavy atom. The van der Waals surface area contributed by atoms with Crippen molar-refractivity contribution in [2.75, 3.05) is 0 Å². The van der Waals surface area contributed by atoms with Crippen molar-refractivity contribution in [3.63, 3.8) is 0 Å². The van der Waals surface area contributed by atoms with Gasteiger partial charge in [0, 0.05) is 33.7 Å². The molecule has 4 rings (SSSR count). The van der Waals surface area contributed by atoms with Gasteiger partial charge in [0.15, 0.2) is 0 Å². The Morgan fingerprint density at radius 3 is 2.65 bits per heavy atom. The van der Waals surface area contributed by atoms with E-state index >= 15 is 0 Å². The third-order valence-electron chi connectivity index (χ3n) is 6.63. The molecule has 3 aromatic rings. The Hall–Kier alpha value is -2.64. The van der Waals surface area contributed by atoms with E-state index in [1.165, 1.54) is 33.1 Å². The van der Waals surface area contributed by atoms with Crippen molar-refractivity contribution in [2.24, 2.45) is 16.3 Å². The highest BCUT2D eigenvalue weighted by Gasteiger charge is 2.32. The summed E-state index contributed by atoms with van der Waals surface area (Å²) in [6, 6.07) is 13.2. The monoisotopic (exact) mass is 429 g/mol. The molecule has 1 aromatic carbocycles. The number of aryl methyl sites for hydroxylation is 2. The van der Waals surface area contributed by atoms with Crippen molar-refractivity contribution in [2.45, 2.75) is 60.8 Å². The van der Waals surface area contributed by atoms with Crippen molar-refractivity contribution in [1.82, 2.24) is 4.57 Å². The van der Waals surface area contributed by atoms with Crippen LogP contribution in [0.5, 0.6) is 0 Å². The lowest BCUT2D eigenvalue weighted by Gasteiger charge is -2.33. The molecule has 0 N–H and O–H groups in total. The average Bonchev–Trinajstić information content (AvgIpc) is 3.20. The first kappa shape index (κ1) is 21.6. The fourth-order valence-corrected chi connectivity index (χ4v) is 5.95. The topological polar surface area (TPSA) is 41.1 Å². The van der Waals surface area contributed by atoms with Gasteiger partial charge in [-0.2, -0.15) is 5.26 Å². The number of rotatable bonds is 3. The van der Waals surface area contributed by atoms with E-state index in [2.05, 4.69) is 82.5 Å². The van der Waals surface area contributed by atoms with Gasteiger partial charge in [-0.15, -0.1) is 11.3 Å². The van der Waals surface area contributed by atoms with Gasteiger partial charge in [0.05, 0.1) is 5.56 Å². The second-order valence-corrected chi connectivity index (χ2v) is 10.9. The zero-order valence-corrected chi connectivity index (χ0v) is 20.2. The van der Waals surface area contributed by atoms with Gasteiger partial charge in [-0.3, -0.25) is 0 Å². The molecule has 0 radical (unpaired) electrons. The van der Waals surface area contributed by atoms with Crippen LogP contribution in [0.1, 0.15) is 65.7 Å². The summed E-state index contributed by atoms with van der Waals surface area (Å²) in [7, 11) is 0.